The lowest BCUT2D eigenvalue weighted by Gasteiger charge is -2.20. The van der Waals surface area contributed by atoms with Crippen molar-refractivity contribution in [3.05, 3.63) is 54.0 Å². The molecule has 0 bridgehead atoms. The van der Waals surface area contributed by atoms with Crippen molar-refractivity contribution < 1.29 is 17.6 Å². The van der Waals surface area contributed by atoms with Gasteiger partial charge in [-0.25, -0.2) is 8.42 Å². The fraction of sp³-hybridized carbons (Fsp3) is 0.450. The summed E-state index contributed by atoms with van der Waals surface area (Å²) in [6.45, 7) is 3.42. The first-order valence-electron chi connectivity index (χ1n) is 9.39. The van der Waals surface area contributed by atoms with Gasteiger partial charge in [-0.3, -0.25) is 4.79 Å². The van der Waals surface area contributed by atoms with Gasteiger partial charge in [0.25, 0.3) is 5.91 Å². The summed E-state index contributed by atoms with van der Waals surface area (Å²) in [5.41, 5.74) is 0.426. The summed E-state index contributed by atoms with van der Waals surface area (Å²) < 4.78 is 30.8. The maximum atomic E-state index is 13.0. The van der Waals surface area contributed by atoms with Crippen LogP contribution in [-0.4, -0.2) is 45.4 Å². The Morgan fingerprint density at radius 1 is 1.07 bits per heavy atom. The molecule has 2 aliphatic heterocycles. The number of fused-ring (bicyclic) bond motifs is 1. The number of carbonyl (C=O) groups excluding carboxylic acids is 1. The maximum Gasteiger partial charge on any atom is 0.289 e. The summed E-state index contributed by atoms with van der Waals surface area (Å²) in [7, 11) is -3.53. The number of furan rings is 1. The van der Waals surface area contributed by atoms with Crippen LogP contribution in [0.5, 0.6) is 0 Å². The average molecular weight is 388 g/mol. The summed E-state index contributed by atoms with van der Waals surface area (Å²) in [5, 5.41) is 3.43. The van der Waals surface area contributed by atoms with Gasteiger partial charge in [0.05, 0.1) is 16.9 Å². The first kappa shape index (κ1) is 18.3. The number of rotatable bonds is 4. The van der Waals surface area contributed by atoms with Gasteiger partial charge in [-0.1, -0.05) is 18.2 Å². The van der Waals surface area contributed by atoms with Gasteiger partial charge >= 0.3 is 0 Å². The number of benzene rings is 1. The number of carbonyl (C=O) groups is 1. The number of nitrogens with zero attached hydrogens (tertiary/aromatic N) is 1. The molecule has 0 saturated carbocycles. The van der Waals surface area contributed by atoms with Gasteiger partial charge < -0.3 is 14.6 Å². The van der Waals surface area contributed by atoms with Gasteiger partial charge in [-0.05, 0) is 56.0 Å². The first-order valence-corrected chi connectivity index (χ1v) is 11.0. The molecule has 2 fully saturated rings. The molecule has 3 heterocycles. The quantitative estimate of drug-likeness (QED) is 0.870. The molecule has 6 nitrogen and oxygen atoms in total. The van der Waals surface area contributed by atoms with Crippen molar-refractivity contribution in [1.82, 2.24) is 10.2 Å². The van der Waals surface area contributed by atoms with E-state index < -0.39 is 9.84 Å². The second-order valence-corrected chi connectivity index (χ2v) is 9.38. The minimum atomic E-state index is -3.53. The molecule has 0 spiro atoms. The van der Waals surface area contributed by atoms with Gasteiger partial charge in [0.1, 0.15) is 0 Å². The topological polar surface area (TPSA) is 79.6 Å². The van der Waals surface area contributed by atoms with Crippen LogP contribution in [0.15, 0.2) is 52.0 Å². The number of hydrogen-bond acceptors (Lipinski definition) is 5. The van der Waals surface area contributed by atoms with Gasteiger partial charge in [0.2, 0.25) is 0 Å². The van der Waals surface area contributed by atoms with Crippen LogP contribution in [0.25, 0.3) is 0 Å². The maximum absolute atomic E-state index is 13.0. The third kappa shape index (κ3) is 3.80. The normalized spacial score (nSPS) is 23.0. The lowest BCUT2D eigenvalue weighted by atomic mass is 9.92. The van der Waals surface area contributed by atoms with E-state index in [0.29, 0.717) is 30.5 Å². The molecule has 1 aromatic carbocycles. The lowest BCUT2D eigenvalue weighted by molar-refractivity contribution is 0.0725. The van der Waals surface area contributed by atoms with Crippen molar-refractivity contribution >= 4 is 15.7 Å². The standard InChI is InChI=1S/C20H24N2O4S/c23-20(22-9-6-15-12-21-13-16(15)7-10-22)19-17(8-11-26-19)14-27(24,25)18-4-2-1-3-5-18/h1-5,8,11,15-16,21H,6-7,9-10,12-14H2/t15-,16+. The Hall–Kier alpha value is -2.12. The van der Waals surface area contributed by atoms with E-state index in [0.717, 1.165) is 25.9 Å². The molecule has 4 rings (SSSR count). The van der Waals surface area contributed by atoms with E-state index in [2.05, 4.69) is 5.32 Å². The number of nitrogens with one attached hydrogen (secondary N) is 1. The smallest absolute Gasteiger partial charge is 0.289 e. The summed E-state index contributed by atoms with van der Waals surface area (Å²) in [6, 6.07) is 9.88. The third-order valence-electron chi connectivity index (χ3n) is 5.70. The number of amides is 1. The van der Waals surface area contributed by atoms with Crippen molar-refractivity contribution in [2.45, 2.75) is 23.5 Å². The molecule has 0 unspecified atom stereocenters. The van der Waals surface area contributed by atoms with E-state index in [9.17, 15) is 13.2 Å². The molecular weight excluding hydrogens is 364 g/mol. The highest BCUT2D eigenvalue weighted by molar-refractivity contribution is 7.90. The summed E-state index contributed by atoms with van der Waals surface area (Å²) >= 11 is 0. The minimum Gasteiger partial charge on any atom is -0.459 e. The van der Waals surface area contributed by atoms with Crippen LogP contribution in [0.3, 0.4) is 0 Å². The van der Waals surface area contributed by atoms with Crippen molar-refractivity contribution in [2.24, 2.45) is 11.8 Å². The average Bonchev–Trinajstić information content (AvgIpc) is 3.27. The van der Waals surface area contributed by atoms with Crippen molar-refractivity contribution in [2.75, 3.05) is 26.2 Å². The lowest BCUT2D eigenvalue weighted by Crippen LogP contribution is -2.33. The van der Waals surface area contributed by atoms with Gasteiger partial charge in [0, 0.05) is 18.7 Å². The van der Waals surface area contributed by atoms with E-state index in [4.69, 9.17) is 4.42 Å². The van der Waals surface area contributed by atoms with Crippen LogP contribution in [0.2, 0.25) is 0 Å². The highest BCUT2D eigenvalue weighted by Crippen LogP contribution is 2.28. The summed E-state index contributed by atoms with van der Waals surface area (Å²) in [5.74, 6) is 0.956. The molecule has 2 aliphatic rings. The van der Waals surface area contributed by atoms with Gasteiger partial charge in [0.15, 0.2) is 15.6 Å². The zero-order chi connectivity index (χ0) is 18.9. The van der Waals surface area contributed by atoms with Crippen LogP contribution in [0.1, 0.15) is 29.0 Å². The molecule has 2 atom stereocenters. The molecule has 0 aliphatic carbocycles. The van der Waals surface area contributed by atoms with E-state index >= 15 is 0 Å². The van der Waals surface area contributed by atoms with E-state index in [1.807, 2.05) is 4.90 Å². The molecule has 7 heteroatoms. The second-order valence-electron chi connectivity index (χ2n) is 7.40. The Balaban J connectivity index is 1.51. The van der Waals surface area contributed by atoms with Crippen LogP contribution in [0, 0.1) is 11.8 Å². The van der Waals surface area contributed by atoms with Gasteiger partial charge in [-0.2, -0.15) is 0 Å². The molecule has 2 saturated heterocycles. The summed E-state index contributed by atoms with van der Waals surface area (Å²) in [4.78, 5) is 15.1. The highest BCUT2D eigenvalue weighted by atomic mass is 32.2. The molecular formula is C20H24N2O4S. The molecule has 2 aromatic rings. The van der Waals surface area contributed by atoms with Crippen LogP contribution < -0.4 is 5.32 Å². The largest absolute Gasteiger partial charge is 0.459 e. The fourth-order valence-corrected chi connectivity index (χ4v) is 5.49. The predicted octanol–water partition coefficient (Wildman–Crippen LogP) is 2.33. The molecule has 1 amide bonds. The highest BCUT2D eigenvalue weighted by Gasteiger charge is 2.33. The monoisotopic (exact) mass is 388 g/mol. The Kier molecular flexibility index (Phi) is 5.06. The van der Waals surface area contributed by atoms with Crippen molar-refractivity contribution in [3.63, 3.8) is 0 Å². The van der Waals surface area contributed by atoms with Gasteiger partial charge in [-0.15, -0.1) is 0 Å². The van der Waals surface area contributed by atoms with Crippen LogP contribution in [-0.2, 0) is 15.6 Å². The van der Waals surface area contributed by atoms with E-state index in [-0.39, 0.29) is 22.3 Å². The molecule has 1 N–H and O–H groups in total. The first-order chi connectivity index (χ1) is 13.0. The minimum absolute atomic E-state index is 0.152. The third-order valence-corrected chi connectivity index (χ3v) is 7.38. The second kappa shape index (κ2) is 7.48. The van der Waals surface area contributed by atoms with Crippen LogP contribution >= 0.6 is 0 Å². The molecule has 27 heavy (non-hydrogen) atoms. The predicted molar refractivity (Wildman–Crippen MR) is 101 cm³/mol. The Bertz CT molecular complexity index is 893. The zero-order valence-corrected chi connectivity index (χ0v) is 16.0. The zero-order valence-electron chi connectivity index (χ0n) is 15.1. The molecule has 0 radical (unpaired) electrons. The van der Waals surface area contributed by atoms with Crippen molar-refractivity contribution in [1.29, 1.82) is 0 Å². The van der Waals surface area contributed by atoms with E-state index in [1.165, 1.54) is 6.26 Å². The van der Waals surface area contributed by atoms with E-state index in [1.54, 1.807) is 36.4 Å². The van der Waals surface area contributed by atoms with Crippen molar-refractivity contribution in [3.8, 4) is 0 Å². The fourth-order valence-electron chi connectivity index (χ4n) is 4.12. The number of likely N-dealkylation sites (tertiary alicyclic amines) is 1. The Morgan fingerprint density at radius 3 is 2.41 bits per heavy atom. The number of hydrogen-bond donors (Lipinski definition) is 1. The summed E-state index contributed by atoms with van der Waals surface area (Å²) in [6.07, 6.45) is 3.35. The Morgan fingerprint density at radius 2 is 1.74 bits per heavy atom. The SMILES string of the molecule is O=C(c1occc1CS(=O)(=O)c1ccccc1)N1CC[C@@H]2CNC[C@@H]2CC1. The molecule has 1 aromatic heterocycles. The Labute approximate surface area is 159 Å². The molecule has 144 valence electrons. The number of sulfone groups is 1. The van der Waals surface area contributed by atoms with Crippen LogP contribution in [0.4, 0.5) is 0 Å².